The van der Waals surface area contributed by atoms with Crippen LogP contribution in [-0.4, -0.2) is 9.55 Å². The fourth-order valence-corrected chi connectivity index (χ4v) is 1.61. The van der Waals surface area contributed by atoms with Gasteiger partial charge in [0.05, 0.1) is 17.6 Å². The molecule has 0 bridgehead atoms. The van der Waals surface area contributed by atoms with Crippen molar-refractivity contribution in [1.29, 1.82) is 0 Å². The van der Waals surface area contributed by atoms with Crippen molar-refractivity contribution >= 4 is 35.8 Å². The average Bonchev–Trinajstić information content (AvgIpc) is 2.58. The Morgan fingerprint density at radius 2 is 2.00 bits per heavy atom. The first kappa shape index (κ1) is 15.0. The van der Waals surface area contributed by atoms with Gasteiger partial charge >= 0.3 is 0 Å². The average molecular weight is 260 g/mol. The zero-order valence-corrected chi connectivity index (χ0v) is 10.4. The van der Waals surface area contributed by atoms with E-state index in [-0.39, 0.29) is 24.8 Å². The molecule has 1 aromatic heterocycles. The summed E-state index contributed by atoms with van der Waals surface area (Å²) in [4.78, 5) is 4.44. The van der Waals surface area contributed by atoms with Crippen molar-refractivity contribution in [2.75, 3.05) is 0 Å². The predicted octanol–water partition coefficient (Wildman–Crippen LogP) is 2.52. The lowest BCUT2D eigenvalue weighted by molar-refractivity contribution is 0.759. The number of imidazole rings is 1. The summed E-state index contributed by atoms with van der Waals surface area (Å²) < 4.78 is 2.09. The third kappa shape index (κ3) is 2.55. The Morgan fingerprint density at radius 3 is 2.62 bits per heavy atom. The normalized spacial score (nSPS) is 9.31. The number of fused-ring (bicyclic) bond motifs is 1. The maximum Gasteiger partial charge on any atom is 0.123 e. The highest BCUT2D eigenvalue weighted by Crippen LogP contribution is 2.15. The van der Waals surface area contributed by atoms with Crippen LogP contribution < -0.4 is 5.73 Å². The number of nitrogens with zero attached hydrogens (tertiary/aromatic N) is 2. The molecule has 1 heterocycles. The zero-order valence-electron chi connectivity index (χ0n) is 8.80. The van der Waals surface area contributed by atoms with E-state index in [4.69, 9.17) is 5.73 Å². The number of allylic oxidation sites excluding steroid dienone is 1. The van der Waals surface area contributed by atoms with E-state index in [1.165, 1.54) is 0 Å². The first-order chi connectivity index (χ1) is 6.86. The SMILES string of the molecule is C=CCn1c(CN)nc2ccccc21.Cl.Cl. The molecule has 1 aromatic carbocycles. The van der Waals surface area contributed by atoms with Crippen LogP contribution in [0.25, 0.3) is 11.0 Å². The monoisotopic (exact) mass is 259 g/mol. The lowest BCUT2D eigenvalue weighted by atomic mass is 10.3. The van der Waals surface area contributed by atoms with Crippen LogP contribution in [0.5, 0.6) is 0 Å². The summed E-state index contributed by atoms with van der Waals surface area (Å²) in [7, 11) is 0. The topological polar surface area (TPSA) is 43.8 Å². The van der Waals surface area contributed by atoms with Gasteiger partial charge in [0.25, 0.3) is 0 Å². The van der Waals surface area contributed by atoms with E-state index in [1.54, 1.807) is 0 Å². The first-order valence-corrected chi connectivity index (χ1v) is 4.62. The van der Waals surface area contributed by atoms with Gasteiger partial charge in [-0.05, 0) is 12.1 Å². The largest absolute Gasteiger partial charge is 0.324 e. The molecule has 0 aliphatic rings. The molecule has 5 heteroatoms. The van der Waals surface area contributed by atoms with Crippen LogP contribution in [0.2, 0.25) is 0 Å². The highest BCUT2D eigenvalue weighted by Gasteiger charge is 2.06. The third-order valence-corrected chi connectivity index (χ3v) is 2.23. The van der Waals surface area contributed by atoms with E-state index in [0.29, 0.717) is 6.54 Å². The van der Waals surface area contributed by atoms with E-state index in [1.807, 2.05) is 30.3 Å². The Hall–Kier alpha value is -1.03. The molecule has 2 rings (SSSR count). The van der Waals surface area contributed by atoms with Crippen molar-refractivity contribution in [3.8, 4) is 0 Å². The second-order valence-electron chi connectivity index (χ2n) is 3.12. The summed E-state index contributed by atoms with van der Waals surface area (Å²) >= 11 is 0. The molecule has 2 aromatic rings. The van der Waals surface area contributed by atoms with Crippen molar-refractivity contribution in [2.45, 2.75) is 13.1 Å². The van der Waals surface area contributed by atoms with Crippen LogP contribution in [0.3, 0.4) is 0 Å². The Kier molecular flexibility index (Phi) is 6.11. The molecule has 0 spiro atoms. The van der Waals surface area contributed by atoms with E-state index in [2.05, 4.69) is 16.1 Å². The Morgan fingerprint density at radius 1 is 1.31 bits per heavy atom. The van der Waals surface area contributed by atoms with Gasteiger partial charge in [-0.15, -0.1) is 31.4 Å². The van der Waals surface area contributed by atoms with E-state index in [0.717, 1.165) is 23.4 Å². The molecule has 0 atom stereocenters. The molecule has 0 saturated carbocycles. The molecular weight excluding hydrogens is 245 g/mol. The molecule has 16 heavy (non-hydrogen) atoms. The van der Waals surface area contributed by atoms with Gasteiger partial charge in [0.1, 0.15) is 5.82 Å². The Bertz CT molecular complexity index is 465. The molecule has 88 valence electrons. The van der Waals surface area contributed by atoms with E-state index in [9.17, 15) is 0 Å². The Balaban J connectivity index is 0.00000112. The maximum atomic E-state index is 5.63. The Labute approximate surface area is 107 Å². The van der Waals surface area contributed by atoms with Crippen LogP contribution >= 0.6 is 24.8 Å². The minimum absolute atomic E-state index is 0. The fraction of sp³-hybridized carbons (Fsp3) is 0.182. The molecule has 3 nitrogen and oxygen atoms in total. The lowest BCUT2D eigenvalue weighted by Crippen LogP contribution is -2.07. The van der Waals surface area contributed by atoms with E-state index >= 15 is 0 Å². The quantitative estimate of drug-likeness (QED) is 0.862. The summed E-state index contributed by atoms with van der Waals surface area (Å²) in [5, 5.41) is 0. The minimum Gasteiger partial charge on any atom is -0.324 e. The second-order valence-corrected chi connectivity index (χ2v) is 3.12. The molecular formula is C11H15Cl2N3. The van der Waals surface area contributed by atoms with Crippen molar-refractivity contribution in [1.82, 2.24) is 9.55 Å². The predicted molar refractivity (Wildman–Crippen MR) is 72.3 cm³/mol. The van der Waals surface area contributed by atoms with Gasteiger partial charge in [-0.25, -0.2) is 4.98 Å². The van der Waals surface area contributed by atoms with Crippen LogP contribution in [-0.2, 0) is 13.1 Å². The smallest absolute Gasteiger partial charge is 0.123 e. The summed E-state index contributed by atoms with van der Waals surface area (Å²) in [6.45, 7) is 4.95. The number of hydrogen-bond acceptors (Lipinski definition) is 2. The molecule has 0 amide bonds. The number of halogens is 2. The maximum absolute atomic E-state index is 5.63. The van der Waals surface area contributed by atoms with Crippen molar-refractivity contribution in [2.24, 2.45) is 5.73 Å². The van der Waals surface area contributed by atoms with Gasteiger partial charge in [0.15, 0.2) is 0 Å². The van der Waals surface area contributed by atoms with Crippen LogP contribution in [0.1, 0.15) is 5.82 Å². The molecule has 0 unspecified atom stereocenters. The molecule has 0 fully saturated rings. The van der Waals surface area contributed by atoms with Gasteiger partial charge in [0.2, 0.25) is 0 Å². The number of rotatable bonds is 3. The van der Waals surface area contributed by atoms with Crippen LogP contribution in [0.4, 0.5) is 0 Å². The zero-order chi connectivity index (χ0) is 9.97. The summed E-state index contributed by atoms with van der Waals surface area (Å²) in [5.41, 5.74) is 7.74. The minimum atomic E-state index is 0. The van der Waals surface area contributed by atoms with Crippen molar-refractivity contribution < 1.29 is 0 Å². The van der Waals surface area contributed by atoms with E-state index < -0.39 is 0 Å². The second kappa shape index (κ2) is 6.53. The highest BCUT2D eigenvalue weighted by atomic mass is 35.5. The van der Waals surface area contributed by atoms with Crippen molar-refractivity contribution in [3.05, 3.63) is 42.7 Å². The molecule has 0 aliphatic heterocycles. The summed E-state index contributed by atoms with van der Waals surface area (Å²) in [6, 6.07) is 8.02. The number of para-hydroxylation sites is 2. The summed E-state index contributed by atoms with van der Waals surface area (Å²) in [5.74, 6) is 0.908. The van der Waals surface area contributed by atoms with Gasteiger partial charge < -0.3 is 10.3 Å². The summed E-state index contributed by atoms with van der Waals surface area (Å²) in [6.07, 6.45) is 1.85. The number of hydrogen-bond donors (Lipinski definition) is 1. The molecule has 0 aliphatic carbocycles. The van der Waals surface area contributed by atoms with Gasteiger partial charge in [0, 0.05) is 6.54 Å². The van der Waals surface area contributed by atoms with Crippen LogP contribution in [0, 0.1) is 0 Å². The lowest BCUT2D eigenvalue weighted by Gasteiger charge is -2.03. The van der Waals surface area contributed by atoms with Gasteiger partial charge in [-0.3, -0.25) is 0 Å². The van der Waals surface area contributed by atoms with Gasteiger partial charge in [-0.1, -0.05) is 18.2 Å². The highest BCUT2D eigenvalue weighted by molar-refractivity contribution is 5.85. The molecule has 2 N–H and O–H groups in total. The number of benzene rings is 1. The third-order valence-electron chi connectivity index (χ3n) is 2.23. The first-order valence-electron chi connectivity index (χ1n) is 4.62. The van der Waals surface area contributed by atoms with Crippen LogP contribution in [0.15, 0.2) is 36.9 Å². The van der Waals surface area contributed by atoms with Gasteiger partial charge in [-0.2, -0.15) is 0 Å². The molecule has 0 radical (unpaired) electrons. The standard InChI is InChI=1S/C11H13N3.2ClH/c1-2-7-14-10-6-4-3-5-9(10)13-11(14)8-12;;/h2-6H,1,7-8,12H2;2*1H. The van der Waals surface area contributed by atoms with Crippen molar-refractivity contribution in [3.63, 3.8) is 0 Å². The fourth-order valence-electron chi connectivity index (χ4n) is 1.61. The number of nitrogens with two attached hydrogens (primary N) is 1. The number of aromatic nitrogens is 2. The molecule has 0 saturated heterocycles.